The summed E-state index contributed by atoms with van der Waals surface area (Å²) in [6.45, 7) is 1.41. The van der Waals surface area contributed by atoms with Crippen LogP contribution in [0.4, 0.5) is 0 Å². The predicted octanol–water partition coefficient (Wildman–Crippen LogP) is 1.16. The largest absolute Gasteiger partial charge is 0.294 e. The molecule has 0 aliphatic heterocycles. The number of hydrogen-bond acceptors (Lipinski definition) is 3. The number of aromatic nitrogens is 1. The van der Waals surface area contributed by atoms with Gasteiger partial charge in [-0.2, -0.15) is 5.26 Å². The Kier molecular flexibility index (Phi) is 1.98. The van der Waals surface area contributed by atoms with E-state index in [1.807, 2.05) is 6.07 Å². The van der Waals surface area contributed by atoms with Gasteiger partial charge in [0.1, 0.15) is 0 Å². The number of carbonyl (C=O) groups is 1. The number of nitrogens with zero attached hydrogens (tertiary/aromatic N) is 2. The second kappa shape index (κ2) is 2.93. The SMILES string of the molecule is CC(=O)c1cnccc1C#N. The number of rotatable bonds is 1. The van der Waals surface area contributed by atoms with Crippen molar-refractivity contribution in [2.24, 2.45) is 0 Å². The zero-order valence-corrected chi connectivity index (χ0v) is 6.03. The maximum atomic E-state index is 10.8. The molecule has 0 spiro atoms. The van der Waals surface area contributed by atoms with E-state index >= 15 is 0 Å². The molecule has 0 unspecified atom stereocenters. The normalized spacial score (nSPS) is 8.73. The molecule has 1 heterocycles. The van der Waals surface area contributed by atoms with E-state index in [4.69, 9.17) is 5.26 Å². The van der Waals surface area contributed by atoms with E-state index in [0.717, 1.165) is 0 Å². The van der Waals surface area contributed by atoms with Crippen LogP contribution in [0.15, 0.2) is 18.5 Å². The average Bonchev–Trinajstić information content (AvgIpc) is 2.04. The molecule has 0 radical (unpaired) electrons. The van der Waals surface area contributed by atoms with E-state index in [9.17, 15) is 4.79 Å². The topological polar surface area (TPSA) is 53.8 Å². The number of nitriles is 1. The van der Waals surface area contributed by atoms with Gasteiger partial charge in [-0.05, 0) is 13.0 Å². The first kappa shape index (κ1) is 7.42. The van der Waals surface area contributed by atoms with Crippen LogP contribution in [0.1, 0.15) is 22.8 Å². The van der Waals surface area contributed by atoms with Crippen LogP contribution in [0.3, 0.4) is 0 Å². The van der Waals surface area contributed by atoms with Crippen LogP contribution in [0.5, 0.6) is 0 Å². The Labute approximate surface area is 64.3 Å². The minimum atomic E-state index is -0.130. The Hall–Kier alpha value is -1.69. The average molecular weight is 146 g/mol. The van der Waals surface area contributed by atoms with Gasteiger partial charge in [-0.15, -0.1) is 0 Å². The summed E-state index contributed by atoms with van der Waals surface area (Å²) in [5.41, 5.74) is 0.766. The van der Waals surface area contributed by atoms with Crippen molar-refractivity contribution in [1.29, 1.82) is 5.26 Å². The molecule has 0 aliphatic rings. The van der Waals surface area contributed by atoms with Crippen LogP contribution < -0.4 is 0 Å². The second-order valence-electron chi connectivity index (χ2n) is 2.09. The van der Waals surface area contributed by atoms with Crippen molar-refractivity contribution in [3.05, 3.63) is 29.6 Å². The Morgan fingerprint density at radius 1 is 1.73 bits per heavy atom. The quantitative estimate of drug-likeness (QED) is 0.558. The zero-order chi connectivity index (χ0) is 8.27. The third-order valence-corrected chi connectivity index (χ3v) is 1.32. The van der Waals surface area contributed by atoms with Gasteiger partial charge in [0.15, 0.2) is 5.78 Å². The van der Waals surface area contributed by atoms with Crippen molar-refractivity contribution in [2.45, 2.75) is 6.92 Å². The van der Waals surface area contributed by atoms with Gasteiger partial charge in [-0.1, -0.05) is 0 Å². The van der Waals surface area contributed by atoms with Gasteiger partial charge < -0.3 is 0 Å². The lowest BCUT2D eigenvalue weighted by Gasteiger charge is -1.94. The van der Waals surface area contributed by atoms with Crippen molar-refractivity contribution in [3.8, 4) is 6.07 Å². The van der Waals surface area contributed by atoms with E-state index in [1.165, 1.54) is 25.4 Å². The summed E-state index contributed by atoms with van der Waals surface area (Å²) < 4.78 is 0. The predicted molar refractivity (Wildman–Crippen MR) is 39.0 cm³/mol. The van der Waals surface area contributed by atoms with Gasteiger partial charge >= 0.3 is 0 Å². The van der Waals surface area contributed by atoms with E-state index in [-0.39, 0.29) is 5.78 Å². The number of ketones is 1. The van der Waals surface area contributed by atoms with Crippen molar-refractivity contribution in [3.63, 3.8) is 0 Å². The van der Waals surface area contributed by atoms with Crippen molar-refractivity contribution >= 4 is 5.78 Å². The Morgan fingerprint density at radius 2 is 2.45 bits per heavy atom. The molecular formula is C8H6N2O. The van der Waals surface area contributed by atoms with Crippen LogP contribution in [0.25, 0.3) is 0 Å². The standard InChI is InChI=1S/C8H6N2O/c1-6(11)8-5-10-3-2-7(8)4-9/h2-3,5H,1H3. The molecule has 0 amide bonds. The molecule has 11 heavy (non-hydrogen) atoms. The third kappa shape index (κ3) is 1.41. The van der Waals surface area contributed by atoms with E-state index in [0.29, 0.717) is 11.1 Å². The van der Waals surface area contributed by atoms with Crippen molar-refractivity contribution < 1.29 is 4.79 Å². The molecule has 1 rings (SSSR count). The summed E-state index contributed by atoms with van der Waals surface area (Å²) in [6.07, 6.45) is 2.89. The van der Waals surface area contributed by atoms with Gasteiger partial charge in [0, 0.05) is 12.4 Å². The first-order chi connectivity index (χ1) is 5.25. The fraction of sp³-hybridized carbons (Fsp3) is 0.125. The first-order valence-corrected chi connectivity index (χ1v) is 3.10. The Bertz CT molecular complexity index is 325. The molecule has 3 heteroatoms. The third-order valence-electron chi connectivity index (χ3n) is 1.32. The maximum Gasteiger partial charge on any atom is 0.162 e. The molecule has 1 aromatic heterocycles. The molecule has 0 N–H and O–H groups in total. The van der Waals surface area contributed by atoms with Crippen LogP contribution in [0.2, 0.25) is 0 Å². The number of Topliss-reactive ketones (excluding diaryl/α,β-unsaturated/α-hetero) is 1. The molecular weight excluding hydrogens is 140 g/mol. The molecule has 0 saturated heterocycles. The highest BCUT2D eigenvalue weighted by Crippen LogP contribution is 2.04. The van der Waals surface area contributed by atoms with Gasteiger partial charge in [0.2, 0.25) is 0 Å². The van der Waals surface area contributed by atoms with Gasteiger partial charge in [-0.3, -0.25) is 9.78 Å². The van der Waals surface area contributed by atoms with E-state index in [1.54, 1.807) is 0 Å². The molecule has 0 aliphatic carbocycles. The lowest BCUT2D eigenvalue weighted by molar-refractivity contribution is 0.101. The summed E-state index contributed by atoms with van der Waals surface area (Å²) in [5.74, 6) is -0.130. The molecule has 0 atom stereocenters. The summed E-state index contributed by atoms with van der Waals surface area (Å²) in [7, 11) is 0. The fourth-order valence-corrected chi connectivity index (χ4v) is 0.773. The molecule has 0 bridgehead atoms. The fourth-order valence-electron chi connectivity index (χ4n) is 0.773. The second-order valence-corrected chi connectivity index (χ2v) is 2.09. The number of carbonyl (C=O) groups excluding carboxylic acids is 1. The highest BCUT2D eigenvalue weighted by molar-refractivity contribution is 5.96. The molecule has 1 aromatic rings. The lowest BCUT2D eigenvalue weighted by Crippen LogP contribution is -1.96. The highest BCUT2D eigenvalue weighted by Gasteiger charge is 2.04. The Balaban J connectivity index is 3.26. The molecule has 0 saturated carbocycles. The smallest absolute Gasteiger partial charge is 0.162 e. The van der Waals surface area contributed by atoms with Gasteiger partial charge in [0.25, 0.3) is 0 Å². The van der Waals surface area contributed by atoms with Gasteiger partial charge in [-0.25, -0.2) is 0 Å². The van der Waals surface area contributed by atoms with Crippen molar-refractivity contribution in [2.75, 3.05) is 0 Å². The number of pyridine rings is 1. The van der Waals surface area contributed by atoms with Gasteiger partial charge in [0.05, 0.1) is 17.2 Å². The van der Waals surface area contributed by atoms with E-state index in [2.05, 4.69) is 4.98 Å². The monoisotopic (exact) mass is 146 g/mol. The molecule has 0 aromatic carbocycles. The molecule has 3 nitrogen and oxygen atoms in total. The van der Waals surface area contributed by atoms with Crippen LogP contribution >= 0.6 is 0 Å². The molecule has 0 fully saturated rings. The van der Waals surface area contributed by atoms with Crippen molar-refractivity contribution in [1.82, 2.24) is 4.98 Å². The van der Waals surface area contributed by atoms with Crippen LogP contribution in [-0.2, 0) is 0 Å². The minimum absolute atomic E-state index is 0.130. The van der Waals surface area contributed by atoms with Crippen LogP contribution in [0, 0.1) is 11.3 Å². The zero-order valence-electron chi connectivity index (χ0n) is 6.03. The molecule has 54 valence electrons. The first-order valence-electron chi connectivity index (χ1n) is 3.10. The summed E-state index contributed by atoms with van der Waals surface area (Å²) >= 11 is 0. The summed E-state index contributed by atoms with van der Waals surface area (Å²) in [5, 5.41) is 8.54. The lowest BCUT2D eigenvalue weighted by atomic mass is 10.1. The Morgan fingerprint density at radius 3 is 2.91 bits per heavy atom. The van der Waals surface area contributed by atoms with Crippen LogP contribution in [-0.4, -0.2) is 10.8 Å². The summed E-state index contributed by atoms with van der Waals surface area (Å²) in [6, 6.07) is 3.44. The maximum absolute atomic E-state index is 10.8. The minimum Gasteiger partial charge on any atom is -0.294 e. The summed E-state index contributed by atoms with van der Waals surface area (Å²) in [4.78, 5) is 14.6. The van der Waals surface area contributed by atoms with E-state index < -0.39 is 0 Å². The number of hydrogen-bond donors (Lipinski definition) is 0. The highest BCUT2D eigenvalue weighted by atomic mass is 16.1.